The van der Waals surface area contributed by atoms with Crippen LogP contribution in [0.3, 0.4) is 0 Å². The zero-order valence-electron chi connectivity index (χ0n) is 17.8. The van der Waals surface area contributed by atoms with E-state index in [1.165, 1.54) is 12.8 Å². The Hall–Kier alpha value is -1.88. The van der Waals surface area contributed by atoms with E-state index in [0.29, 0.717) is 17.9 Å². The number of likely N-dealkylation sites (tertiary alicyclic amines) is 1. The standard InChI is InChI=1S/C23H35N3O2/c1-17-6-5-7-19(12-17)21(28)24-13-18-8-10-23(11-9-18)15-26(16-23)14-20(27)25-22(2,3)4/h5-7,12,18H,8-11,13-16H2,1-4H3,(H,24,28)(H,25,27). The summed E-state index contributed by atoms with van der Waals surface area (Å²) in [6.07, 6.45) is 4.73. The summed E-state index contributed by atoms with van der Waals surface area (Å²) in [6.45, 7) is 11.4. The van der Waals surface area contributed by atoms with Crippen molar-refractivity contribution in [3.05, 3.63) is 35.4 Å². The van der Waals surface area contributed by atoms with Crippen LogP contribution in [0.1, 0.15) is 62.4 Å². The number of hydrogen-bond donors (Lipinski definition) is 2. The first kappa shape index (κ1) is 20.8. The van der Waals surface area contributed by atoms with Gasteiger partial charge in [-0.2, -0.15) is 0 Å². The molecule has 1 aromatic rings. The number of carbonyl (C=O) groups excluding carboxylic acids is 2. The normalized spacial score (nSPS) is 19.9. The fourth-order valence-electron chi connectivity index (χ4n) is 4.61. The van der Waals surface area contributed by atoms with E-state index in [-0.39, 0.29) is 17.4 Å². The summed E-state index contributed by atoms with van der Waals surface area (Å²) < 4.78 is 0. The molecule has 0 radical (unpaired) electrons. The molecule has 1 heterocycles. The summed E-state index contributed by atoms with van der Waals surface area (Å²) in [5, 5.41) is 6.15. The molecular formula is C23H35N3O2. The Morgan fingerprint density at radius 2 is 1.86 bits per heavy atom. The smallest absolute Gasteiger partial charge is 0.251 e. The van der Waals surface area contributed by atoms with Gasteiger partial charge >= 0.3 is 0 Å². The minimum atomic E-state index is -0.166. The van der Waals surface area contributed by atoms with Gasteiger partial charge in [0.15, 0.2) is 0 Å². The molecule has 1 saturated carbocycles. The molecule has 1 spiro atoms. The fourth-order valence-corrected chi connectivity index (χ4v) is 4.61. The average Bonchev–Trinajstić information content (AvgIpc) is 2.58. The number of nitrogens with one attached hydrogen (secondary N) is 2. The molecule has 28 heavy (non-hydrogen) atoms. The van der Waals surface area contributed by atoms with E-state index in [2.05, 4.69) is 15.5 Å². The van der Waals surface area contributed by atoms with E-state index in [0.717, 1.165) is 43.6 Å². The van der Waals surface area contributed by atoms with Gasteiger partial charge < -0.3 is 10.6 Å². The lowest BCUT2D eigenvalue weighted by Gasteiger charge is -2.53. The quantitative estimate of drug-likeness (QED) is 0.819. The third kappa shape index (κ3) is 5.57. The summed E-state index contributed by atoms with van der Waals surface area (Å²) in [7, 11) is 0. The molecule has 5 heteroatoms. The van der Waals surface area contributed by atoms with Crippen LogP contribution >= 0.6 is 0 Å². The van der Waals surface area contributed by atoms with Gasteiger partial charge in [-0.1, -0.05) is 17.7 Å². The molecule has 1 aliphatic heterocycles. The maximum Gasteiger partial charge on any atom is 0.251 e. The largest absolute Gasteiger partial charge is 0.352 e. The van der Waals surface area contributed by atoms with Crippen LogP contribution in [-0.4, -0.2) is 48.4 Å². The number of benzene rings is 1. The zero-order valence-corrected chi connectivity index (χ0v) is 17.8. The highest BCUT2D eigenvalue weighted by molar-refractivity contribution is 5.94. The minimum absolute atomic E-state index is 0.0312. The third-order valence-electron chi connectivity index (χ3n) is 6.00. The Kier molecular flexibility index (Phi) is 6.13. The van der Waals surface area contributed by atoms with Gasteiger partial charge in [0.2, 0.25) is 5.91 Å². The van der Waals surface area contributed by atoms with Crippen molar-refractivity contribution in [2.24, 2.45) is 11.3 Å². The summed E-state index contributed by atoms with van der Waals surface area (Å²) in [4.78, 5) is 26.7. The number of rotatable bonds is 5. The topological polar surface area (TPSA) is 61.4 Å². The first-order valence-corrected chi connectivity index (χ1v) is 10.5. The van der Waals surface area contributed by atoms with Gasteiger partial charge in [-0.15, -0.1) is 0 Å². The summed E-state index contributed by atoms with van der Waals surface area (Å²) in [5.74, 6) is 0.719. The lowest BCUT2D eigenvalue weighted by Crippen LogP contribution is -2.60. The molecule has 1 aromatic carbocycles. The number of carbonyl (C=O) groups is 2. The van der Waals surface area contributed by atoms with Crippen molar-refractivity contribution in [1.29, 1.82) is 0 Å². The van der Waals surface area contributed by atoms with Crippen LogP contribution < -0.4 is 10.6 Å². The molecule has 3 rings (SSSR count). The lowest BCUT2D eigenvalue weighted by molar-refractivity contribution is -0.128. The number of nitrogens with zero attached hydrogens (tertiary/aromatic N) is 1. The van der Waals surface area contributed by atoms with Crippen LogP contribution in [0.4, 0.5) is 0 Å². The molecule has 154 valence electrons. The molecule has 5 nitrogen and oxygen atoms in total. The van der Waals surface area contributed by atoms with Crippen molar-refractivity contribution in [3.8, 4) is 0 Å². The molecule has 2 N–H and O–H groups in total. The minimum Gasteiger partial charge on any atom is -0.352 e. The van der Waals surface area contributed by atoms with Crippen molar-refractivity contribution in [3.63, 3.8) is 0 Å². The number of amides is 2. The monoisotopic (exact) mass is 385 g/mol. The Balaban J connectivity index is 1.36. The van der Waals surface area contributed by atoms with Gasteiger partial charge in [-0.3, -0.25) is 14.5 Å². The molecule has 2 aliphatic rings. The second-order valence-electron chi connectivity index (χ2n) is 9.97. The molecule has 0 aromatic heterocycles. The second-order valence-corrected chi connectivity index (χ2v) is 9.97. The lowest BCUT2D eigenvalue weighted by atomic mass is 9.66. The van der Waals surface area contributed by atoms with Crippen LogP contribution in [0.15, 0.2) is 24.3 Å². The number of aryl methyl sites for hydroxylation is 1. The van der Waals surface area contributed by atoms with Gasteiger partial charge in [0.1, 0.15) is 0 Å². The predicted molar refractivity (Wildman–Crippen MR) is 112 cm³/mol. The molecule has 0 atom stereocenters. The Morgan fingerprint density at radius 1 is 1.18 bits per heavy atom. The predicted octanol–water partition coefficient (Wildman–Crippen LogP) is 3.13. The van der Waals surface area contributed by atoms with E-state index in [9.17, 15) is 9.59 Å². The number of hydrogen-bond acceptors (Lipinski definition) is 3. The molecule has 0 unspecified atom stereocenters. The van der Waals surface area contributed by atoms with E-state index in [1.807, 2.05) is 52.0 Å². The molecular weight excluding hydrogens is 350 g/mol. The van der Waals surface area contributed by atoms with Crippen molar-refractivity contribution >= 4 is 11.8 Å². The van der Waals surface area contributed by atoms with E-state index in [4.69, 9.17) is 0 Å². The Bertz CT molecular complexity index is 707. The molecule has 0 bridgehead atoms. The van der Waals surface area contributed by atoms with E-state index < -0.39 is 0 Å². The van der Waals surface area contributed by atoms with E-state index >= 15 is 0 Å². The molecule has 2 amide bonds. The highest BCUT2D eigenvalue weighted by Gasteiger charge is 2.45. The highest BCUT2D eigenvalue weighted by atomic mass is 16.2. The SMILES string of the molecule is Cc1cccc(C(=O)NCC2CCC3(CC2)CN(CC(=O)NC(C)(C)C)C3)c1. The maximum absolute atomic E-state index is 12.3. The second kappa shape index (κ2) is 8.24. The summed E-state index contributed by atoms with van der Waals surface area (Å²) >= 11 is 0. The van der Waals surface area contributed by atoms with Crippen molar-refractivity contribution in [2.75, 3.05) is 26.2 Å². The van der Waals surface area contributed by atoms with Crippen molar-refractivity contribution in [2.45, 2.75) is 58.9 Å². The van der Waals surface area contributed by atoms with Gasteiger partial charge in [0, 0.05) is 30.7 Å². The Morgan fingerprint density at radius 3 is 2.46 bits per heavy atom. The van der Waals surface area contributed by atoms with Gasteiger partial charge in [0.25, 0.3) is 5.91 Å². The fraction of sp³-hybridized carbons (Fsp3) is 0.652. The summed E-state index contributed by atoms with van der Waals surface area (Å²) in [6, 6.07) is 7.74. The van der Waals surface area contributed by atoms with Gasteiger partial charge in [-0.05, 0) is 76.8 Å². The van der Waals surface area contributed by atoms with Crippen LogP contribution in [0.25, 0.3) is 0 Å². The van der Waals surface area contributed by atoms with Gasteiger partial charge in [-0.25, -0.2) is 0 Å². The van der Waals surface area contributed by atoms with E-state index in [1.54, 1.807) is 0 Å². The highest BCUT2D eigenvalue weighted by Crippen LogP contribution is 2.45. The van der Waals surface area contributed by atoms with Crippen LogP contribution in [-0.2, 0) is 4.79 Å². The molecule has 1 aliphatic carbocycles. The van der Waals surface area contributed by atoms with Crippen LogP contribution in [0.2, 0.25) is 0 Å². The van der Waals surface area contributed by atoms with Crippen LogP contribution in [0.5, 0.6) is 0 Å². The van der Waals surface area contributed by atoms with Gasteiger partial charge in [0.05, 0.1) is 6.54 Å². The first-order chi connectivity index (χ1) is 13.1. The molecule has 2 fully saturated rings. The van der Waals surface area contributed by atoms with Crippen molar-refractivity contribution in [1.82, 2.24) is 15.5 Å². The first-order valence-electron chi connectivity index (χ1n) is 10.5. The maximum atomic E-state index is 12.3. The zero-order chi connectivity index (χ0) is 20.4. The Labute approximate surface area is 169 Å². The van der Waals surface area contributed by atoms with Crippen LogP contribution in [0, 0.1) is 18.3 Å². The summed E-state index contributed by atoms with van der Waals surface area (Å²) in [5.41, 5.74) is 2.09. The molecule has 1 saturated heterocycles. The van der Waals surface area contributed by atoms with Crippen molar-refractivity contribution < 1.29 is 9.59 Å². The average molecular weight is 386 g/mol. The third-order valence-corrected chi connectivity index (χ3v) is 6.00.